The summed E-state index contributed by atoms with van der Waals surface area (Å²) in [6.45, 7) is 1.11. The normalized spacial score (nSPS) is 18.8. The number of hydrogen-bond donors (Lipinski definition) is 3. The number of H-pyrrole nitrogens is 1. The summed E-state index contributed by atoms with van der Waals surface area (Å²) in [4.78, 5) is 66.7. The first kappa shape index (κ1) is 29.4. The minimum atomic E-state index is -0.731. The Hall–Kier alpha value is -5.14. The van der Waals surface area contributed by atoms with Crippen molar-refractivity contribution in [1.29, 1.82) is 0 Å². The summed E-state index contributed by atoms with van der Waals surface area (Å²) in [5.74, 6) is -1.29. The van der Waals surface area contributed by atoms with E-state index in [1.165, 1.54) is 55.5 Å². The topological polar surface area (TPSA) is 161 Å². The quantitative estimate of drug-likeness (QED) is 0.394. The van der Waals surface area contributed by atoms with Crippen LogP contribution < -0.4 is 36.1 Å². The molecular formula is C29H30FN5O8. The second-order valence-corrected chi connectivity index (χ2v) is 10.3. The number of nitrogens with zero attached hydrogens (tertiary/aromatic N) is 2. The number of nitrogens with one attached hydrogen (secondary N) is 3. The third kappa shape index (κ3) is 6.85. The molecule has 2 aliphatic rings. The van der Waals surface area contributed by atoms with E-state index in [1.807, 2.05) is 0 Å². The van der Waals surface area contributed by atoms with Gasteiger partial charge in [0.05, 0.1) is 13.2 Å². The number of carbonyl (C=O) groups excluding carboxylic acids is 3. The van der Waals surface area contributed by atoms with Crippen LogP contribution in [0.25, 0.3) is 0 Å². The molecule has 14 heteroatoms. The fourth-order valence-corrected chi connectivity index (χ4v) is 4.96. The van der Waals surface area contributed by atoms with Crippen molar-refractivity contribution in [2.45, 2.75) is 38.6 Å². The lowest BCUT2D eigenvalue weighted by atomic mass is 10.0. The van der Waals surface area contributed by atoms with E-state index in [9.17, 15) is 28.4 Å². The molecule has 0 unspecified atom stereocenters. The third-order valence-electron chi connectivity index (χ3n) is 7.21. The fourth-order valence-electron chi connectivity index (χ4n) is 4.96. The van der Waals surface area contributed by atoms with Gasteiger partial charge in [0.2, 0.25) is 5.91 Å². The van der Waals surface area contributed by atoms with Gasteiger partial charge in [0.1, 0.15) is 24.2 Å². The summed E-state index contributed by atoms with van der Waals surface area (Å²) in [5.41, 5.74) is -0.314. The average molecular weight is 596 g/mol. The molecule has 13 nitrogen and oxygen atoms in total. The molecule has 226 valence electrons. The molecule has 2 aromatic carbocycles. The number of aromatic amines is 1. The highest BCUT2D eigenvalue weighted by molar-refractivity contribution is 5.95. The molecule has 2 aliphatic heterocycles. The molecule has 0 saturated carbocycles. The zero-order chi connectivity index (χ0) is 30.7. The van der Waals surface area contributed by atoms with E-state index in [2.05, 4.69) is 15.6 Å². The lowest BCUT2D eigenvalue weighted by molar-refractivity contribution is -0.134. The Labute approximate surface area is 244 Å². The van der Waals surface area contributed by atoms with Crippen LogP contribution in [0.1, 0.15) is 27.9 Å². The zero-order valence-corrected chi connectivity index (χ0v) is 23.5. The van der Waals surface area contributed by atoms with Crippen LogP contribution in [-0.2, 0) is 22.7 Å². The predicted octanol–water partition coefficient (Wildman–Crippen LogP) is 0.480. The monoisotopic (exact) mass is 595 g/mol. The molecule has 0 spiro atoms. The van der Waals surface area contributed by atoms with Crippen LogP contribution >= 0.6 is 0 Å². The smallest absolute Gasteiger partial charge is 0.328 e. The number of halogens is 1. The molecule has 1 saturated heterocycles. The molecule has 2 atom stereocenters. The van der Waals surface area contributed by atoms with E-state index < -0.39 is 46.9 Å². The first-order chi connectivity index (χ1) is 20.6. The summed E-state index contributed by atoms with van der Waals surface area (Å²) >= 11 is 0. The lowest BCUT2D eigenvalue weighted by Gasteiger charge is -2.39. The van der Waals surface area contributed by atoms with Crippen LogP contribution in [0.2, 0.25) is 0 Å². The van der Waals surface area contributed by atoms with Crippen molar-refractivity contribution in [3.05, 3.63) is 85.9 Å². The maximum absolute atomic E-state index is 14.5. The maximum atomic E-state index is 14.5. The third-order valence-corrected chi connectivity index (χ3v) is 7.21. The largest absolute Gasteiger partial charge is 0.493 e. The van der Waals surface area contributed by atoms with Gasteiger partial charge in [-0.3, -0.25) is 28.7 Å². The number of carbonyl (C=O) groups is 3. The minimum absolute atomic E-state index is 0.0180. The van der Waals surface area contributed by atoms with Crippen LogP contribution in [0.15, 0.2) is 52.2 Å². The first-order valence-corrected chi connectivity index (χ1v) is 13.5. The highest BCUT2D eigenvalue weighted by Gasteiger charge is 2.35. The Kier molecular flexibility index (Phi) is 8.46. The van der Waals surface area contributed by atoms with E-state index in [1.54, 1.807) is 6.07 Å². The predicted molar refractivity (Wildman–Crippen MR) is 150 cm³/mol. The second-order valence-electron chi connectivity index (χ2n) is 10.3. The SMILES string of the molecule is COc1ccc2cc1OCC(=O)NCc1cc(F)cc(c1)O[C@@H]1CCN(C(=O)Cn3cc(C)c(=O)[nH]c3=O)C[C@@H]1NC2=O. The molecule has 3 heterocycles. The standard InChI is InChI=1S/C29H30FN5O8/c1-16-12-35(29(40)33-27(16)38)14-26(37)34-6-5-22-21(13-34)32-28(39)18-3-4-23(41-2)24(9-18)42-15-25(36)31-11-17-7-19(30)10-20(8-17)43-22/h3-4,7-10,12,21-22H,5-6,11,13-15H2,1-2H3,(H,31,36)(H,32,39)(H,33,38,40)/t21-,22+/m0/s1. The van der Waals surface area contributed by atoms with Gasteiger partial charge < -0.3 is 29.7 Å². The number of hydrogen-bond acceptors (Lipinski definition) is 8. The number of benzene rings is 2. The summed E-state index contributed by atoms with van der Waals surface area (Å²) in [5, 5.41) is 5.58. The first-order valence-electron chi connectivity index (χ1n) is 13.5. The molecule has 3 aromatic rings. The molecule has 43 heavy (non-hydrogen) atoms. The highest BCUT2D eigenvalue weighted by Crippen LogP contribution is 2.29. The van der Waals surface area contributed by atoms with Gasteiger partial charge >= 0.3 is 5.69 Å². The van der Waals surface area contributed by atoms with Crippen LogP contribution in [0, 0.1) is 12.7 Å². The van der Waals surface area contributed by atoms with Crippen molar-refractivity contribution >= 4 is 17.7 Å². The van der Waals surface area contributed by atoms with E-state index in [-0.39, 0.29) is 61.8 Å². The molecule has 0 radical (unpaired) electrons. The van der Waals surface area contributed by atoms with Gasteiger partial charge in [0, 0.05) is 49.4 Å². The Bertz CT molecular complexity index is 1690. The summed E-state index contributed by atoms with van der Waals surface area (Å²) in [6.07, 6.45) is 0.934. The number of methoxy groups -OCH3 is 1. The van der Waals surface area contributed by atoms with E-state index in [0.717, 1.165) is 4.57 Å². The number of fused-ring (bicyclic) bond motifs is 5. The second kappa shape index (κ2) is 12.4. The van der Waals surface area contributed by atoms with E-state index >= 15 is 0 Å². The fraction of sp³-hybridized carbons (Fsp3) is 0.345. The zero-order valence-electron chi connectivity index (χ0n) is 23.5. The molecule has 4 bridgehead atoms. The molecule has 1 fully saturated rings. The Morgan fingerprint density at radius 1 is 1.14 bits per heavy atom. The van der Waals surface area contributed by atoms with Gasteiger partial charge in [0.25, 0.3) is 17.4 Å². The Balaban J connectivity index is 1.44. The summed E-state index contributed by atoms with van der Waals surface area (Å²) in [6, 6.07) is 7.83. The number of piperidine rings is 1. The number of aryl methyl sites for hydroxylation is 1. The maximum Gasteiger partial charge on any atom is 0.328 e. The molecule has 1 aromatic heterocycles. The number of amides is 3. The van der Waals surface area contributed by atoms with Crippen molar-refractivity contribution in [2.24, 2.45) is 0 Å². The molecule has 0 aliphatic carbocycles. The van der Waals surface area contributed by atoms with Gasteiger partial charge in [-0.25, -0.2) is 9.18 Å². The van der Waals surface area contributed by atoms with Crippen molar-refractivity contribution in [2.75, 3.05) is 26.8 Å². The number of ether oxygens (including phenoxy) is 3. The molecular weight excluding hydrogens is 565 g/mol. The minimum Gasteiger partial charge on any atom is -0.493 e. The molecule has 5 rings (SSSR count). The number of aromatic nitrogens is 2. The van der Waals surface area contributed by atoms with Crippen LogP contribution in [-0.4, -0.2) is 71.1 Å². The lowest BCUT2D eigenvalue weighted by Crippen LogP contribution is -2.58. The molecule has 3 N–H and O–H groups in total. The van der Waals surface area contributed by atoms with Gasteiger partial charge in [0.15, 0.2) is 18.1 Å². The summed E-state index contributed by atoms with van der Waals surface area (Å²) < 4.78 is 32.7. The van der Waals surface area contributed by atoms with Gasteiger partial charge in [-0.15, -0.1) is 0 Å². The average Bonchev–Trinajstić information content (AvgIpc) is 2.97. The Morgan fingerprint density at radius 2 is 1.95 bits per heavy atom. The van der Waals surface area contributed by atoms with Gasteiger partial charge in [-0.2, -0.15) is 0 Å². The van der Waals surface area contributed by atoms with E-state index in [4.69, 9.17) is 14.2 Å². The number of rotatable bonds is 3. The van der Waals surface area contributed by atoms with Crippen molar-refractivity contribution in [3.63, 3.8) is 0 Å². The summed E-state index contributed by atoms with van der Waals surface area (Å²) in [7, 11) is 1.42. The van der Waals surface area contributed by atoms with Crippen LogP contribution in [0.3, 0.4) is 0 Å². The highest BCUT2D eigenvalue weighted by atomic mass is 19.1. The van der Waals surface area contributed by atoms with Crippen molar-refractivity contribution < 1.29 is 33.0 Å². The molecule has 3 amide bonds. The van der Waals surface area contributed by atoms with Gasteiger partial charge in [-0.05, 0) is 42.8 Å². The van der Waals surface area contributed by atoms with Crippen LogP contribution in [0.5, 0.6) is 17.2 Å². The van der Waals surface area contributed by atoms with Gasteiger partial charge in [-0.1, -0.05) is 0 Å². The van der Waals surface area contributed by atoms with Crippen molar-refractivity contribution in [1.82, 2.24) is 25.1 Å². The van der Waals surface area contributed by atoms with E-state index in [0.29, 0.717) is 11.3 Å². The Morgan fingerprint density at radius 3 is 2.74 bits per heavy atom. The van der Waals surface area contributed by atoms with Crippen LogP contribution in [0.4, 0.5) is 4.39 Å². The van der Waals surface area contributed by atoms with Crippen molar-refractivity contribution in [3.8, 4) is 17.2 Å². The number of likely N-dealkylation sites (tertiary alicyclic amines) is 1.